The highest BCUT2D eigenvalue weighted by Gasteiger charge is 2.24. The van der Waals surface area contributed by atoms with Gasteiger partial charge in [-0.3, -0.25) is 0 Å². The summed E-state index contributed by atoms with van der Waals surface area (Å²) in [5, 5.41) is 10.1. The lowest BCUT2D eigenvalue weighted by atomic mass is 10.2. The van der Waals surface area contributed by atoms with Crippen LogP contribution in [0.2, 0.25) is 0 Å². The Bertz CT molecular complexity index is 390. The third-order valence-electron chi connectivity index (χ3n) is 3.73. The average Bonchev–Trinajstić information content (AvgIpc) is 3.29. The Balaban J connectivity index is 1.71. The van der Waals surface area contributed by atoms with E-state index in [1.54, 1.807) is 0 Å². The molecule has 1 aromatic carbocycles. The SMILES string of the molecule is CCN(CC(O)COc1ccc(CN)cc1)CC1CC1. The lowest BCUT2D eigenvalue weighted by molar-refractivity contribution is 0.0684. The lowest BCUT2D eigenvalue weighted by Gasteiger charge is -2.23. The number of nitrogens with zero attached hydrogens (tertiary/aromatic N) is 1. The van der Waals surface area contributed by atoms with Crippen molar-refractivity contribution < 1.29 is 9.84 Å². The normalized spacial score (nSPS) is 16.4. The van der Waals surface area contributed by atoms with Crippen molar-refractivity contribution in [2.24, 2.45) is 11.7 Å². The van der Waals surface area contributed by atoms with E-state index in [0.29, 0.717) is 19.7 Å². The largest absolute Gasteiger partial charge is 0.491 e. The molecule has 0 radical (unpaired) electrons. The van der Waals surface area contributed by atoms with E-state index in [9.17, 15) is 5.11 Å². The number of nitrogens with two attached hydrogens (primary N) is 1. The second-order valence-corrected chi connectivity index (χ2v) is 5.61. The van der Waals surface area contributed by atoms with Crippen molar-refractivity contribution in [3.05, 3.63) is 29.8 Å². The Morgan fingerprint density at radius 1 is 1.35 bits per heavy atom. The predicted molar refractivity (Wildman–Crippen MR) is 80.7 cm³/mol. The Morgan fingerprint density at radius 3 is 2.60 bits per heavy atom. The maximum absolute atomic E-state index is 10.1. The fourth-order valence-electron chi connectivity index (χ4n) is 2.26. The number of hydrogen-bond acceptors (Lipinski definition) is 4. The number of rotatable bonds is 9. The average molecular weight is 278 g/mol. The van der Waals surface area contributed by atoms with E-state index in [-0.39, 0.29) is 0 Å². The predicted octanol–water partition coefficient (Wildman–Crippen LogP) is 1.62. The van der Waals surface area contributed by atoms with E-state index >= 15 is 0 Å². The van der Waals surface area contributed by atoms with Crippen LogP contribution in [0.15, 0.2) is 24.3 Å². The number of likely N-dealkylation sites (N-methyl/N-ethyl adjacent to an activating group) is 1. The van der Waals surface area contributed by atoms with Crippen LogP contribution in [0.5, 0.6) is 5.75 Å². The van der Waals surface area contributed by atoms with Gasteiger partial charge in [-0.05, 0) is 43.0 Å². The van der Waals surface area contributed by atoms with Crippen LogP contribution in [0.4, 0.5) is 0 Å². The van der Waals surface area contributed by atoms with Crippen LogP contribution in [0.3, 0.4) is 0 Å². The molecule has 0 aliphatic heterocycles. The highest BCUT2D eigenvalue weighted by atomic mass is 16.5. The molecule has 20 heavy (non-hydrogen) atoms. The van der Waals surface area contributed by atoms with Crippen molar-refractivity contribution >= 4 is 0 Å². The zero-order chi connectivity index (χ0) is 14.4. The molecule has 0 heterocycles. The zero-order valence-corrected chi connectivity index (χ0v) is 12.3. The van der Waals surface area contributed by atoms with Crippen molar-refractivity contribution in [2.75, 3.05) is 26.2 Å². The van der Waals surface area contributed by atoms with Gasteiger partial charge >= 0.3 is 0 Å². The first-order valence-corrected chi connectivity index (χ1v) is 7.53. The zero-order valence-electron chi connectivity index (χ0n) is 12.3. The second-order valence-electron chi connectivity index (χ2n) is 5.61. The number of ether oxygens (including phenoxy) is 1. The van der Waals surface area contributed by atoms with Crippen molar-refractivity contribution in [1.29, 1.82) is 0 Å². The molecule has 4 nitrogen and oxygen atoms in total. The summed E-state index contributed by atoms with van der Waals surface area (Å²) < 4.78 is 5.62. The molecule has 1 aliphatic carbocycles. The first-order chi connectivity index (χ1) is 9.71. The summed E-state index contributed by atoms with van der Waals surface area (Å²) in [6.45, 7) is 5.80. The van der Waals surface area contributed by atoms with Gasteiger partial charge in [-0.1, -0.05) is 19.1 Å². The molecule has 0 saturated heterocycles. The van der Waals surface area contributed by atoms with Gasteiger partial charge in [-0.2, -0.15) is 0 Å². The maximum atomic E-state index is 10.1. The summed E-state index contributed by atoms with van der Waals surface area (Å²) >= 11 is 0. The smallest absolute Gasteiger partial charge is 0.119 e. The summed E-state index contributed by atoms with van der Waals surface area (Å²) in [5.41, 5.74) is 6.63. The van der Waals surface area contributed by atoms with Crippen molar-refractivity contribution in [1.82, 2.24) is 4.90 Å². The monoisotopic (exact) mass is 278 g/mol. The van der Waals surface area contributed by atoms with Crippen LogP contribution in [-0.2, 0) is 6.54 Å². The number of aliphatic hydroxyl groups excluding tert-OH is 1. The number of benzene rings is 1. The van der Waals surface area contributed by atoms with Crippen LogP contribution in [-0.4, -0.2) is 42.4 Å². The molecule has 1 aromatic rings. The van der Waals surface area contributed by atoms with Crippen molar-refractivity contribution in [3.63, 3.8) is 0 Å². The van der Waals surface area contributed by atoms with Gasteiger partial charge in [-0.15, -0.1) is 0 Å². The molecule has 0 amide bonds. The Labute approximate surface area is 121 Å². The highest BCUT2D eigenvalue weighted by molar-refractivity contribution is 5.27. The molecule has 2 rings (SSSR count). The van der Waals surface area contributed by atoms with Gasteiger partial charge in [0.15, 0.2) is 0 Å². The third kappa shape index (κ3) is 5.12. The van der Waals surface area contributed by atoms with E-state index in [1.165, 1.54) is 12.8 Å². The summed E-state index contributed by atoms with van der Waals surface area (Å²) in [4.78, 5) is 2.31. The highest BCUT2D eigenvalue weighted by Crippen LogP contribution is 2.29. The van der Waals surface area contributed by atoms with E-state index < -0.39 is 6.10 Å². The number of hydrogen-bond donors (Lipinski definition) is 2. The topological polar surface area (TPSA) is 58.7 Å². The van der Waals surface area contributed by atoms with Crippen molar-refractivity contribution in [3.8, 4) is 5.75 Å². The molecule has 112 valence electrons. The van der Waals surface area contributed by atoms with Gasteiger partial charge in [0, 0.05) is 19.6 Å². The van der Waals surface area contributed by atoms with E-state index in [2.05, 4.69) is 11.8 Å². The summed E-state index contributed by atoms with van der Waals surface area (Å²) in [7, 11) is 0. The van der Waals surface area contributed by atoms with Crippen LogP contribution < -0.4 is 10.5 Å². The van der Waals surface area contributed by atoms with E-state index in [0.717, 1.165) is 30.3 Å². The van der Waals surface area contributed by atoms with Crippen LogP contribution >= 0.6 is 0 Å². The van der Waals surface area contributed by atoms with Gasteiger partial charge in [0.2, 0.25) is 0 Å². The maximum Gasteiger partial charge on any atom is 0.119 e. The summed E-state index contributed by atoms with van der Waals surface area (Å²) in [6.07, 6.45) is 2.25. The molecule has 1 unspecified atom stereocenters. The fourth-order valence-corrected chi connectivity index (χ4v) is 2.26. The minimum absolute atomic E-state index is 0.336. The molecular formula is C16H26N2O2. The van der Waals surface area contributed by atoms with Crippen LogP contribution in [0, 0.1) is 5.92 Å². The summed E-state index contributed by atoms with van der Waals surface area (Å²) in [6, 6.07) is 7.70. The van der Waals surface area contributed by atoms with Gasteiger partial charge in [0.25, 0.3) is 0 Å². The summed E-state index contributed by atoms with van der Waals surface area (Å²) in [5.74, 6) is 1.64. The minimum Gasteiger partial charge on any atom is -0.491 e. The molecule has 1 fully saturated rings. The second kappa shape index (κ2) is 7.62. The molecule has 1 atom stereocenters. The first-order valence-electron chi connectivity index (χ1n) is 7.53. The quantitative estimate of drug-likeness (QED) is 0.720. The fraction of sp³-hybridized carbons (Fsp3) is 0.625. The van der Waals surface area contributed by atoms with E-state index in [4.69, 9.17) is 10.5 Å². The Hall–Kier alpha value is -1.10. The molecule has 1 aliphatic rings. The number of aliphatic hydroxyl groups is 1. The minimum atomic E-state index is -0.442. The van der Waals surface area contributed by atoms with E-state index in [1.807, 2.05) is 24.3 Å². The lowest BCUT2D eigenvalue weighted by Crippen LogP contribution is -2.36. The van der Waals surface area contributed by atoms with Crippen molar-refractivity contribution in [2.45, 2.75) is 32.4 Å². The van der Waals surface area contributed by atoms with Crippen LogP contribution in [0.1, 0.15) is 25.3 Å². The molecule has 0 bridgehead atoms. The molecule has 4 heteroatoms. The molecule has 3 N–H and O–H groups in total. The van der Waals surface area contributed by atoms with Gasteiger partial charge in [-0.25, -0.2) is 0 Å². The molecule has 0 spiro atoms. The third-order valence-corrected chi connectivity index (χ3v) is 3.73. The van der Waals surface area contributed by atoms with Gasteiger partial charge in [0.1, 0.15) is 18.5 Å². The standard InChI is InChI=1S/C16H26N2O2/c1-2-18(10-14-3-4-14)11-15(19)12-20-16-7-5-13(9-17)6-8-16/h5-8,14-15,19H,2-4,9-12,17H2,1H3. The van der Waals surface area contributed by atoms with Gasteiger partial charge < -0.3 is 20.5 Å². The first kappa shape index (κ1) is 15.3. The van der Waals surface area contributed by atoms with Gasteiger partial charge in [0.05, 0.1) is 0 Å². The van der Waals surface area contributed by atoms with Crippen LogP contribution in [0.25, 0.3) is 0 Å². The molecule has 1 saturated carbocycles. The molecule has 0 aromatic heterocycles. The Morgan fingerprint density at radius 2 is 2.05 bits per heavy atom. The molecular weight excluding hydrogens is 252 g/mol. The Kier molecular flexibility index (Phi) is 5.83.